The van der Waals surface area contributed by atoms with E-state index < -0.39 is 78.2 Å². The molecule has 0 spiro atoms. The van der Waals surface area contributed by atoms with E-state index in [0.717, 1.165) is 38.5 Å². The second-order valence-corrected chi connectivity index (χ2v) is 16.7. The molecule has 3 heterocycles. The number of aliphatic hydroxyl groups is 1. The Hall–Kier alpha value is -4.28. The van der Waals surface area contributed by atoms with Crippen molar-refractivity contribution in [3.8, 4) is 0 Å². The van der Waals surface area contributed by atoms with E-state index in [1.165, 1.54) is 23.1 Å². The van der Waals surface area contributed by atoms with Gasteiger partial charge >= 0.3 is 5.97 Å². The second kappa shape index (κ2) is 22.8. The Labute approximate surface area is 342 Å². The Morgan fingerprint density at radius 1 is 0.672 bits per heavy atom. The average Bonchev–Trinajstić information content (AvgIpc) is 3.93. The first-order chi connectivity index (χ1) is 27.7. The molecule has 58 heavy (non-hydrogen) atoms. The molecule has 6 N–H and O–H groups in total. The molecule has 3 saturated heterocycles. The van der Waals surface area contributed by atoms with Crippen LogP contribution in [0.3, 0.4) is 0 Å². The van der Waals surface area contributed by atoms with Gasteiger partial charge in [0.1, 0.15) is 30.2 Å². The van der Waals surface area contributed by atoms with E-state index >= 15 is 0 Å². The highest BCUT2D eigenvalue weighted by atomic mass is 16.4. The van der Waals surface area contributed by atoms with Crippen LogP contribution >= 0.6 is 0 Å². The molecule has 3 aliphatic heterocycles. The zero-order chi connectivity index (χ0) is 42.4. The molecule has 0 bridgehead atoms. The van der Waals surface area contributed by atoms with Gasteiger partial charge in [0, 0.05) is 45.6 Å². The number of hydrogen-bond acceptors (Lipinski definition) is 9. The number of amides is 7. The molecule has 0 aromatic heterocycles. The monoisotopic (exact) mass is 817 g/mol. The van der Waals surface area contributed by atoms with Gasteiger partial charge in [-0.15, -0.1) is 0 Å². The van der Waals surface area contributed by atoms with Crippen LogP contribution in [0.1, 0.15) is 130 Å². The highest BCUT2D eigenvalue weighted by Crippen LogP contribution is 2.31. The smallest absolute Gasteiger partial charge is 0.305 e. The summed E-state index contributed by atoms with van der Waals surface area (Å²) in [7, 11) is 0. The molecule has 0 aromatic carbocycles. The standard InChI is InChI=1S/C41H67N7O10/c1-4-19-42-39(56)36(27(3)49)45-38(55)32-16-12-23-48(32)41(58)30(25-35(52)53)44-37(54)31-15-8-9-22-47(31)40(57)29(17-18-34(51)46-20-10-11-21-46)43-33(50)24-26(2)28-13-6-5-7-14-28/h26-32,36,49H,4-25H2,1-3H3,(H,42,56)(H,43,50)(H,44,54)(H,45,55)(H,52,53)/t26-,27+,29-,30-,31-,32-,36-/m0/s1. The summed E-state index contributed by atoms with van der Waals surface area (Å²) in [5.74, 6) is -4.56. The van der Waals surface area contributed by atoms with Crippen molar-refractivity contribution in [3.63, 3.8) is 0 Å². The van der Waals surface area contributed by atoms with Gasteiger partial charge in [-0.3, -0.25) is 38.4 Å². The number of rotatable bonds is 19. The van der Waals surface area contributed by atoms with Crippen LogP contribution in [-0.2, 0) is 38.4 Å². The van der Waals surface area contributed by atoms with E-state index in [1.54, 1.807) is 4.90 Å². The second-order valence-electron chi connectivity index (χ2n) is 16.7. The van der Waals surface area contributed by atoms with Gasteiger partial charge in [-0.2, -0.15) is 0 Å². The minimum atomic E-state index is -1.58. The molecule has 0 unspecified atom stereocenters. The molecular weight excluding hydrogens is 750 g/mol. The molecule has 4 fully saturated rings. The maximum absolute atomic E-state index is 14.4. The fourth-order valence-corrected chi connectivity index (χ4v) is 8.89. The predicted molar refractivity (Wildman–Crippen MR) is 213 cm³/mol. The summed E-state index contributed by atoms with van der Waals surface area (Å²) < 4.78 is 0. The first-order valence-electron chi connectivity index (χ1n) is 21.7. The number of carbonyl (C=O) groups is 8. The topological polar surface area (TPSA) is 235 Å². The van der Waals surface area contributed by atoms with Gasteiger partial charge in [0.2, 0.25) is 41.4 Å². The number of carbonyl (C=O) groups excluding carboxylic acids is 7. The third kappa shape index (κ3) is 13.1. The molecule has 0 aromatic rings. The van der Waals surface area contributed by atoms with Crippen molar-refractivity contribution in [2.75, 3.05) is 32.7 Å². The van der Waals surface area contributed by atoms with Crippen molar-refractivity contribution < 1.29 is 48.6 Å². The molecular formula is C41H67N7O10. The number of nitrogens with one attached hydrogen (secondary N) is 4. The van der Waals surface area contributed by atoms with Crippen LogP contribution in [0.4, 0.5) is 0 Å². The molecule has 17 heteroatoms. The lowest BCUT2D eigenvalue weighted by Crippen LogP contribution is -2.61. The van der Waals surface area contributed by atoms with Crippen LogP contribution in [0.15, 0.2) is 0 Å². The fourth-order valence-electron chi connectivity index (χ4n) is 8.89. The van der Waals surface area contributed by atoms with Crippen LogP contribution in [0.5, 0.6) is 0 Å². The first-order valence-corrected chi connectivity index (χ1v) is 21.7. The molecule has 4 aliphatic rings. The number of likely N-dealkylation sites (tertiary alicyclic amines) is 3. The highest BCUT2D eigenvalue weighted by Gasteiger charge is 2.42. The van der Waals surface area contributed by atoms with E-state index in [2.05, 4.69) is 28.2 Å². The Bertz CT molecular complexity index is 1460. The summed E-state index contributed by atoms with van der Waals surface area (Å²) >= 11 is 0. The molecule has 1 aliphatic carbocycles. The van der Waals surface area contributed by atoms with Gasteiger partial charge in [-0.25, -0.2) is 0 Å². The predicted octanol–water partition coefficient (Wildman–Crippen LogP) is 1.20. The lowest BCUT2D eigenvalue weighted by Gasteiger charge is -2.38. The van der Waals surface area contributed by atoms with Crippen LogP contribution in [0.25, 0.3) is 0 Å². The van der Waals surface area contributed by atoms with Gasteiger partial charge in [0.25, 0.3) is 0 Å². The average molecular weight is 818 g/mol. The van der Waals surface area contributed by atoms with E-state index in [4.69, 9.17) is 0 Å². The molecule has 0 radical (unpaired) electrons. The van der Waals surface area contributed by atoms with Crippen molar-refractivity contribution in [1.29, 1.82) is 0 Å². The summed E-state index contributed by atoms with van der Waals surface area (Å²) in [5, 5.41) is 30.7. The minimum Gasteiger partial charge on any atom is -0.481 e. The van der Waals surface area contributed by atoms with Gasteiger partial charge < -0.3 is 46.2 Å². The summed E-state index contributed by atoms with van der Waals surface area (Å²) in [6.45, 7) is 7.17. The maximum atomic E-state index is 14.4. The Morgan fingerprint density at radius 3 is 1.86 bits per heavy atom. The Balaban J connectivity index is 1.48. The molecule has 7 amide bonds. The SMILES string of the molecule is CCCNC(=O)[C@@H](NC(=O)[C@@H]1CCCN1C(=O)[C@H](CC(=O)O)NC(=O)[C@@H]1CCCCN1C(=O)[C@H](CCC(=O)N1CCCC1)NC(=O)C[C@H](C)C1CCCCC1)[C@@H](C)O. The summed E-state index contributed by atoms with van der Waals surface area (Å²) in [6, 6.07) is -6.09. The Morgan fingerprint density at radius 2 is 1.24 bits per heavy atom. The Kier molecular flexibility index (Phi) is 18.2. The summed E-state index contributed by atoms with van der Waals surface area (Å²) in [6.07, 6.45) is 8.32. The number of hydrogen-bond donors (Lipinski definition) is 6. The van der Waals surface area contributed by atoms with Crippen LogP contribution in [0, 0.1) is 11.8 Å². The first kappa shape index (κ1) is 46.4. The third-order valence-electron chi connectivity index (χ3n) is 12.2. The van der Waals surface area contributed by atoms with E-state index in [-0.39, 0.29) is 62.9 Å². The minimum absolute atomic E-state index is 0.0424. The summed E-state index contributed by atoms with van der Waals surface area (Å²) in [4.78, 5) is 111. The van der Waals surface area contributed by atoms with Crippen LogP contribution < -0.4 is 21.3 Å². The van der Waals surface area contributed by atoms with Gasteiger partial charge in [0.05, 0.1) is 12.5 Å². The van der Waals surface area contributed by atoms with Gasteiger partial charge in [0.15, 0.2) is 0 Å². The number of aliphatic carboxylic acids is 1. The van der Waals surface area contributed by atoms with Crippen LogP contribution in [0.2, 0.25) is 0 Å². The quantitative estimate of drug-likeness (QED) is 0.109. The van der Waals surface area contributed by atoms with Crippen LogP contribution in [-0.4, -0.2) is 141 Å². The van der Waals surface area contributed by atoms with Crippen molar-refractivity contribution in [3.05, 3.63) is 0 Å². The van der Waals surface area contributed by atoms with Crippen molar-refractivity contribution in [2.24, 2.45) is 11.8 Å². The largest absolute Gasteiger partial charge is 0.481 e. The van der Waals surface area contributed by atoms with E-state index in [0.29, 0.717) is 51.2 Å². The zero-order valence-electron chi connectivity index (χ0n) is 34.7. The third-order valence-corrected chi connectivity index (χ3v) is 12.2. The molecule has 4 rings (SSSR count). The highest BCUT2D eigenvalue weighted by molar-refractivity contribution is 5.98. The maximum Gasteiger partial charge on any atom is 0.305 e. The normalized spacial score (nSPS) is 22.6. The lowest BCUT2D eigenvalue weighted by atomic mass is 9.79. The zero-order valence-corrected chi connectivity index (χ0v) is 34.7. The molecule has 17 nitrogen and oxygen atoms in total. The van der Waals surface area contributed by atoms with Gasteiger partial charge in [-0.1, -0.05) is 46.0 Å². The van der Waals surface area contributed by atoms with E-state index in [9.17, 15) is 48.6 Å². The molecule has 1 saturated carbocycles. The van der Waals surface area contributed by atoms with Crippen molar-refractivity contribution in [2.45, 2.75) is 166 Å². The number of nitrogens with zero attached hydrogens (tertiary/aromatic N) is 3. The molecule has 326 valence electrons. The van der Waals surface area contributed by atoms with E-state index in [1.807, 2.05) is 6.92 Å². The number of aliphatic hydroxyl groups excluding tert-OH is 1. The van der Waals surface area contributed by atoms with Crippen molar-refractivity contribution in [1.82, 2.24) is 36.0 Å². The number of piperidine rings is 1. The lowest BCUT2D eigenvalue weighted by molar-refractivity contribution is -0.149. The summed E-state index contributed by atoms with van der Waals surface area (Å²) in [5.41, 5.74) is 0. The number of carboxylic acids is 1. The number of carboxylic acid groups (broad SMARTS) is 1. The van der Waals surface area contributed by atoms with Crippen molar-refractivity contribution >= 4 is 47.3 Å². The van der Waals surface area contributed by atoms with Gasteiger partial charge in [-0.05, 0) is 76.5 Å². The fraction of sp³-hybridized carbons (Fsp3) is 0.805. The molecule has 7 atom stereocenters.